The molecule has 5 nitrogen and oxygen atoms in total. The molecule has 1 heterocycles. The third-order valence-corrected chi connectivity index (χ3v) is 5.38. The van der Waals surface area contributed by atoms with Gasteiger partial charge in [-0.05, 0) is 47.7 Å². The summed E-state index contributed by atoms with van der Waals surface area (Å²) in [7, 11) is 1.74. The Morgan fingerprint density at radius 3 is 1.97 bits per heavy atom. The highest BCUT2D eigenvalue weighted by Gasteiger charge is 2.34. The van der Waals surface area contributed by atoms with E-state index < -0.39 is 0 Å². The molecule has 1 aliphatic heterocycles. The first-order valence-corrected chi connectivity index (χ1v) is 9.95. The molecule has 31 heavy (non-hydrogen) atoms. The quantitative estimate of drug-likeness (QED) is 0.347. The van der Waals surface area contributed by atoms with E-state index in [1.807, 2.05) is 30.3 Å². The monoisotopic (exact) mass is 433 g/mol. The molecule has 0 fully saturated rings. The molecule has 0 atom stereocenters. The van der Waals surface area contributed by atoms with Crippen molar-refractivity contribution in [2.24, 2.45) is 0 Å². The van der Waals surface area contributed by atoms with Crippen molar-refractivity contribution in [2.45, 2.75) is 19.4 Å². The van der Waals surface area contributed by atoms with Crippen LogP contribution in [0.3, 0.4) is 0 Å². The zero-order valence-corrected chi connectivity index (χ0v) is 18.0. The number of nitrogens with one attached hydrogen (secondary N) is 2. The maximum absolute atomic E-state index is 12.6. The summed E-state index contributed by atoms with van der Waals surface area (Å²) in [5.41, 5.74) is 5.08. The highest BCUT2D eigenvalue weighted by atomic mass is 35.5. The average Bonchev–Trinajstić information content (AvgIpc) is 3.03. The number of imide groups is 1. The molecule has 6 heteroatoms. The second-order valence-corrected chi connectivity index (χ2v) is 7.39. The molecule has 0 aliphatic carbocycles. The Kier molecular flexibility index (Phi) is 6.88. The fourth-order valence-corrected chi connectivity index (χ4v) is 3.76. The van der Waals surface area contributed by atoms with Crippen molar-refractivity contribution in [1.29, 1.82) is 5.41 Å². The molecular formula is C25H24ClN3O2. The van der Waals surface area contributed by atoms with Gasteiger partial charge in [0.2, 0.25) is 0 Å². The van der Waals surface area contributed by atoms with Gasteiger partial charge < -0.3 is 5.32 Å². The molecule has 0 spiro atoms. The number of benzene rings is 3. The number of halogens is 1. The number of amidine groups is 1. The number of nitrogens with zero attached hydrogens (tertiary/aromatic N) is 1. The lowest BCUT2D eigenvalue weighted by molar-refractivity contribution is 0.0642. The first kappa shape index (κ1) is 22.2. The van der Waals surface area contributed by atoms with Gasteiger partial charge in [0.05, 0.1) is 17.7 Å². The summed E-state index contributed by atoms with van der Waals surface area (Å²) < 4.78 is 0. The number of hydrogen-bond acceptors (Lipinski definition) is 3. The molecule has 2 amide bonds. The molecule has 3 aromatic carbocycles. The molecule has 0 saturated carbocycles. The maximum Gasteiger partial charge on any atom is 0.261 e. The minimum absolute atomic E-state index is 0. The van der Waals surface area contributed by atoms with E-state index in [0.29, 0.717) is 17.0 Å². The number of carbonyl (C=O) groups is 2. The van der Waals surface area contributed by atoms with Crippen LogP contribution in [0.25, 0.3) is 0 Å². The van der Waals surface area contributed by atoms with Crippen LogP contribution < -0.4 is 5.32 Å². The van der Waals surface area contributed by atoms with Gasteiger partial charge in [-0.2, -0.15) is 0 Å². The zero-order valence-electron chi connectivity index (χ0n) is 17.2. The summed E-state index contributed by atoms with van der Waals surface area (Å²) in [5, 5.41) is 10.8. The van der Waals surface area contributed by atoms with Gasteiger partial charge in [-0.3, -0.25) is 19.9 Å². The Morgan fingerprint density at radius 2 is 1.35 bits per heavy atom. The van der Waals surface area contributed by atoms with Crippen LogP contribution in [0.1, 0.15) is 43.0 Å². The van der Waals surface area contributed by atoms with Gasteiger partial charge in [-0.15, -0.1) is 12.4 Å². The molecule has 3 aromatic rings. The number of rotatable bonds is 6. The van der Waals surface area contributed by atoms with Crippen LogP contribution >= 0.6 is 12.4 Å². The van der Waals surface area contributed by atoms with Gasteiger partial charge in [0.1, 0.15) is 5.84 Å². The predicted octanol–water partition coefficient (Wildman–Crippen LogP) is 4.23. The first-order chi connectivity index (χ1) is 14.6. The molecule has 158 valence electrons. The molecule has 4 rings (SSSR count). The number of amides is 2. The number of carbonyl (C=O) groups excluding carboxylic acids is 2. The third-order valence-electron chi connectivity index (χ3n) is 5.38. The van der Waals surface area contributed by atoms with E-state index >= 15 is 0 Å². The van der Waals surface area contributed by atoms with Crippen molar-refractivity contribution < 1.29 is 9.59 Å². The summed E-state index contributed by atoms with van der Waals surface area (Å²) in [5.74, 6) is -0.0607. The Labute approximate surface area is 188 Å². The standard InChI is InChI=1S/C25H23N3O2.ClH/c1-27-23(26)20-9-5-7-18(15-20)13-12-17-6-4-8-19(14-17)16-28-24(29)21-10-2-3-11-22(21)25(28)30;/h2-11,14-15H,12-13,16H2,1H3,(H2,26,27);1H. The third kappa shape index (κ3) is 4.67. The van der Waals surface area contributed by atoms with Crippen molar-refractivity contribution in [1.82, 2.24) is 10.2 Å². The van der Waals surface area contributed by atoms with Gasteiger partial charge in [-0.25, -0.2) is 0 Å². The molecule has 0 saturated heterocycles. The number of aryl methyl sites for hydroxylation is 2. The van der Waals surface area contributed by atoms with E-state index in [4.69, 9.17) is 5.41 Å². The van der Waals surface area contributed by atoms with Crippen LogP contribution in [0, 0.1) is 5.41 Å². The maximum atomic E-state index is 12.6. The fraction of sp³-hybridized carbons (Fsp3) is 0.160. The van der Waals surface area contributed by atoms with Crippen molar-refractivity contribution >= 4 is 30.1 Å². The molecular weight excluding hydrogens is 410 g/mol. The fourth-order valence-electron chi connectivity index (χ4n) is 3.76. The largest absolute Gasteiger partial charge is 0.373 e. The second kappa shape index (κ2) is 9.58. The van der Waals surface area contributed by atoms with E-state index in [2.05, 4.69) is 23.5 Å². The van der Waals surface area contributed by atoms with E-state index in [0.717, 1.165) is 29.5 Å². The first-order valence-electron chi connectivity index (χ1n) is 9.95. The Balaban J connectivity index is 0.00000272. The second-order valence-electron chi connectivity index (χ2n) is 7.39. The highest BCUT2D eigenvalue weighted by Crippen LogP contribution is 2.24. The van der Waals surface area contributed by atoms with Crippen molar-refractivity contribution in [3.8, 4) is 0 Å². The molecule has 0 radical (unpaired) electrons. The Hall–Kier alpha value is -3.44. The lowest BCUT2D eigenvalue weighted by Crippen LogP contribution is -2.29. The lowest BCUT2D eigenvalue weighted by Gasteiger charge is -2.14. The summed E-state index contributed by atoms with van der Waals surface area (Å²) in [6.45, 7) is 0.273. The minimum Gasteiger partial charge on any atom is -0.373 e. The molecule has 0 aromatic heterocycles. The van der Waals surface area contributed by atoms with E-state index in [9.17, 15) is 9.59 Å². The van der Waals surface area contributed by atoms with Crippen LogP contribution in [0.5, 0.6) is 0 Å². The van der Waals surface area contributed by atoms with Gasteiger partial charge in [0, 0.05) is 12.6 Å². The Morgan fingerprint density at radius 1 is 0.806 bits per heavy atom. The van der Waals surface area contributed by atoms with Crippen LogP contribution in [-0.2, 0) is 19.4 Å². The summed E-state index contributed by atoms with van der Waals surface area (Å²) >= 11 is 0. The lowest BCUT2D eigenvalue weighted by atomic mass is 10.0. The van der Waals surface area contributed by atoms with Gasteiger partial charge in [-0.1, -0.05) is 54.6 Å². The topological polar surface area (TPSA) is 73.3 Å². The smallest absolute Gasteiger partial charge is 0.261 e. The summed E-state index contributed by atoms with van der Waals surface area (Å²) in [6, 6.07) is 23.0. The van der Waals surface area contributed by atoms with Crippen LogP contribution in [0.15, 0.2) is 72.8 Å². The Bertz CT molecular complexity index is 1110. The van der Waals surface area contributed by atoms with Crippen LogP contribution in [0.4, 0.5) is 0 Å². The van der Waals surface area contributed by atoms with Gasteiger partial charge in [0.15, 0.2) is 0 Å². The predicted molar refractivity (Wildman–Crippen MR) is 124 cm³/mol. The molecule has 0 unspecified atom stereocenters. The number of fused-ring (bicyclic) bond motifs is 1. The SMILES string of the molecule is CNC(=N)c1cccc(CCc2cccc(CN3C(=O)c4ccccc4C3=O)c2)c1.Cl. The van der Waals surface area contributed by atoms with Crippen molar-refractivity contribution in [3.63, 3.8) is 0 Å². The van der Waals surface area contributed by atoms with E-state index in [-0.39, 0.29) is 30.8 Å². The van der Waals surface area contributed by atoms with Crippen molar-refractivity contribution in [2.75, 3.05) is 7.05 Å². The molecule has 1 aliphatic rings. The average molecular weight is 434 g/mol. The van der Waals surface area contributed by atoms with E-state index in [1.54, 1.807) is 31.3 Å². The van der Waals surface area contributed by atoms with Gasteiger partial charge >= 0.3 is 0 Å². The van der Waals surface area contributed by atoms with Gasteiger partial charge in [0.25, 0.3) is 11.8 Å². The van der Waals surface area contributed by atoms with Crippen LogP contribution in [-0.4, -0.2) is 29.6 Å². The summed E-state index contributed by atoms with van der Waals surface area (Å²) in [6.07, 6.45) is 1.69. The van der Waals surface area contributed by atoms with Crippen molar-refractivity contribution in [3.05, 3.63) is 106 Å². The van der Waals surface area contributed by atoms with Crippen LogP contribution in [0.2, 0.25) is 0 Å². The van der Waals surface area contributed by atoms with E-state index in [1.165, 1.54) is 10.5 Å². The number of hydrogen-bond donors (Lipinski definition) is 2. The minimum atomic E-state index is -0.232. The normalized spacial score (nSPS) is 12.4. The molecule has 2 N–H and O–H groups in total. The summed E-state index contributed by atoms with van der Waals surface area (Å²) in [4.78, 5) is 26.5. The highest BCUT2D eigenvalue weighted by molar-refractivity contribution is 6.21. The zero-order chi connectivity index (χ0) is 21.1. The molecule has 0 bridgehead atoms.